The van der Waals surface area contributed by atoms with Crippen LogP contribution < -0.4 is 0 Å². The van der Waals surface area contributed by atoms with Crippen molar-refractivity contribution in [3.05, 3.63) is 113 Å². The van der Waals surface area contributed by atoms with Crippen LogP contribution in [0.15, 0.2) is 89.8 Å². The number of halogens is 6. The molecule has 0 fully saturated rings. The number of rotatable bonds is 6. The summed E-state index contributed by atoms with van der Waals surface area (Å²) in [7, 11) is 0. The highest BCUT2D eigenvalue weighted by atomic mass is 19.4. The first-order valence-corrected chi connectivity index (χ1v) is 10.6. The molecular formula is C26H18F6N2O2. The molecule has 0 aliphatic carbocycles. The third-order valence-electron chi connectivity index (χ3n) is 5.39. The van der Waals surface area contributed by atoms with Crippen LogP contribution in [0.5, 0.6) is 0 Å². The normalized spacial score (nSPS) is 11.9. The molecule has 0 aliphatic rings. The SMILES string of the molecule is O=C(c1ccco1)N(Cc1cc(C(F)(F)F)cc(C(F)(F)F)c1)Cc1cnccc1-c1ccccc1. The van der Waals surface area contributed by atoms with E-state index >= 15 is 0 Å². The number of aromatic nitrogens is 1. The Bertz CT molecular complexity index is 1300. The second-order valence-corrected chi connectivity index (χ2v) is 7.95. The van der Waals surface area contributed by atoms with E-state index < -0.39 is 35.9 Å². The second kappa shape index (κ2) is 9.88. The molecule has 0 radical (unpaired) electrons. The Morgan fingerprint density at radius 1 is 0.833 bits per heavy atom. The molecule has 0 atom stereocenters. The Labute approximate surface area is 201 Å². The van der Waals surface area contributed by atoms with E-state index in [1.165, 1.54) is 24.6 Å². The minimum atomic E-state index is -5.00. The number of carbonyl (C=O) groups excluding carboxylic acids is 1. The maximum atomic E-state index is 13.4. The van der Waals surface area contributed by atoms with Gasteiger partial charge in [-0.1, -0.05) is 30.3 Å². The molecule has 4 aromatic rings. The van der Waals surface area contributed by atoms with Gasteiger partial charge in [0, 0.05) is 25.5 Å². The van der Waals surface area contributed by atoms with Crippen LogP contribution in [0, 0.1) is 0 Å². The van der Waals surface area contributed by atoms with Crippen LogP contribution in [-0.2, 0) is 25.4 Å². The van der Waals surface area contributed by atoms with Crippen molar-refractivity contribution in [3.8, 4) is 11.1 Å². The number of hydrogen-bond acceptors (Lipinski definition) is 3. The number of nitrogens with zero attached hydrogens (tertiary/aromatic N) is 2. The van der Waals surface area contributed by atoms with Crippen molar-refractivity contribution in [1.82, 2.24) is 9.88 Å². The number of pyridine rings is 1. The number of amides is 1. The summed E-state index contributed by atoms with van der Waals surface area (Å²) in [5.74, 6) is -0.808. The number of alkyl halides is 6. The van der Waals surface area contributed by atoms with E-state index in [-0.39, 0.29) is 23.9 Å². The molecule has 0 spiro atoms. The van der Waals surface area contributed by atoms with Crippen LogP contribution in [0.4, 0.5) is 26.3 Å². The molecule has 0 aliphatic heterocycles. The zero-order valence-electron chi connectivity index (χ0n) is 18.5. The van der Waals surface area contributed by atoms with Gasteiger partial charge in [-0.3, -0.25) is 9.78 Å². The van der Waals surface area contributed by atoms with Gasteiger partial charge in [0.25, 0.3) is 5.91 Å². The zero-order valence-corrected chi connectivity index (χ0v) is 18.5. The Hall–Kier alpha value is -4.08. The van der Waals surface area contributed by atoms with E-state index in [1.54, 1.807) is 12.3 Å². The molecule has 0 N–H and O–H groups in total. The molecule has 4 rings (SSSR count). The van der Waals surface area contributed by atoms with Crippen LogP contribution in [0.2, 0.25) is 0 Å². The van der Waals surface area contributed by atoms with Gasteiger partial charge in [-0.2, -0.15) is 26.3 Å². The molecule has 2 aromatic heterocycles. The van der Waals surface area contributed by atoms with Gasteiger partial charge in [0.2, 0.25) is 0 Å². The van der Waals surface area contributed by atoms with E-state index in [4.69, 9.17) is 4.42 Å². The van der Waals surface area contributed by atoms with E-state index in [0.29, 0.717) is 23.3 Å². The fourth-order valence-electron chi connectivity index (χ4n) is 3.74. The fraction of sp³-hybridized carbons (Fsp3) is 0.154. The van der Waals surface area contributed by atoms with E-state index in [2.05, 4.69) is 4.98 Å². The van der Waals surface area contributed by atoms with Crippen molar-refractivity contribution in [2.24, 2.45) is 0 Å². The molecule has 2 aromatic carbocycles. The molecule has 0 saturated heterocycles. The van der Waals surface area contributed by atoms with Gasteiger partial charge in [0.15, 0.2) is 5.76 Å². The minimum Gasteiger partial charge on any atom is -0.459 e. The van der Waals surface area contributed by atoms with Gasteiger partial charge in [-0.15, -0.1) is 0 Å². The van der Waals surface area contributed by atoms with Crippen molar-refractivity contribution in [3.63, 3.8) is 0 Å². The van der Waals surface area contributed by atoms with Crippen molar-refractivity contribution < 1.29 is 35.6 Å². The van der Waals surface area contributed by atoms with Gasteiger partial charge in [-0.25, -0.2) is 0 Å². The summed E-state index contributed by atoms with van der Waals surface area (Å²) in [5.41, 5.74) is -1.18. The number of benzene rings is 2. The summed E-state index contributed by atoms with van der Waals surface area (Å²) >= 11 is 0. The first kappa shape index (κ1) is 25.0. The maximum absolute atomic E-state index is 13.4. The predicted octanol–water partition coefficient (Wildman–Crippen LogP) is 7.22. The highest BCUT2D eigenvalue weighted by molar-refractivity contribution is 5.91. The molecule has 0 saturated carbocycles. The largest absolute Gasteiger partial charge is 0.459 e. The third kappa shape index (κ3) is 5.76. The molecule has 36 heavy (non-hydrogen) atoms. The first-order chi connectivity index (χ1) is 17.0. The van der Waals surface area contributed by atoms with Crippen LogP contribution >= 0.6 is 0 Å². The molecule has 0 unspecified atom stereocenters. The number of furan rings is 1. The summed E-state index contributed by atoms with van der Waals surface area (Å²) in [6.07, 6.45) is -5.72. The van der Waals surface area contributed by atoms with E-state index in [0.717, 1.165) is 10.5 Å². The Balaban J connectivity index is 1.76. The summed E-state index contributed by atoms with van der Waals surface area (Å²) in [5, 5.41) is 0. The lowest BCUT2D eigenvalue weighted by molar-refractivity contribution is -0.143. The lowest BCUT2D eigenvalue weighted by Gasteiger charge is -2.24. The third-order valence-corrected chi connectivity index (χ3v) is 5.39. The highest BCUT2D eigenvalue weighted by Gasteiger charge is 2.37. The number of hydrogen-bond donors (Lipinski definition) is 0. The zero-order chi connectivity index (χ0) is 25.9. The van der Waals surface area contributed by atoms with Crippen LogP contribution in [0.1, 0.15) is 32.8 Å². The topological polar surface area (TPSA) is 46.3 Å². The fourth-order valence-corrected chi connectivity index (χ4v) is 3.74. The smallest absolute Gasteiger partial charge is 0.416 e. The predicted molar refractivity (Wildman–Crippen MR) is 118 cm³/mol. The van der Waals surface area contributed by atoms with Gasteiger partial charge >= 0.3 is 12.4 Å². The summed E-state index contributed by atoms with van der Waals surface area (Å²) < 4.78 is 85.4. The summed E-state index contributed by atoms with van der Waals surface area (Å²) in [4.78, 5) is 18.4. The molecule has 4 nitrogen and oxygen atoms in total. The van der Waals surface area contributed by atoms with Gasteiger partial charge in [-0.05, 0) is 58.7 Å². The van der Waals surface area contributed by atoms with Crippen LogP contribution in [0.3, 0.4) is 0 Å². The van der Waals surface area contributed by atoms with Crippen LogP contribution in [-0.4, -0.2) is 15.8 Å². The van der Waals surface area contributed by atoms with Gasteiger partial charge in [0.1, 0.15) is 0 Å². The molecule has 2 heterocycles. The Morgan fingerprint density at radius 3 is 2.08 bits per heavy atom. The van der Waals surface area contributed by atoms with Crippen molar-refractivity contribution >= 4 is 5.91 Å². The second-order valence-electron chi connectivity index (χ2n) is 7.95. The van der Waals surface area contributed by atoms with Crippen molar-refractivity contribution in [2.45, 2.75) is 25.4 Å². The van der Waals surface area contributed by atoms with Crippen LogP contribution in [0.25, 0.3) is 11.1 Å². The lowest BCUT2D eigenvalue weighted by atomic mass is 10.0. The van der Waals surface area contributed by atoms with E-state index in [1.807, 2.05) is 30.3 Å². The monoisotopic (exact) mass is 504 g/mol. The molecule has 186 valence electrons. The molecule has 1 amide bonds. The summed E-state index contributed by atoms with van der Waals surface area (Å²) in [6.45, 7) is -0.676. The highest BCUT2D eigenvalue weighted by Crippen LogP contribution is 2.37. The molecular weight excluding hydrogens is 486 g/mol. The number of carbonyl (C=O) groups is 1. The molecule has 0 bridgehead atoms. The quantitative estimate of drug-likeness (QED) is 0.261. The average molecular weight is 504 g/mol. The maximum Gasteiger partial charge on any atom is 0.416 e. The minimum absolute atomic E-state index is 0.0524. The molecule has 10 heteroatoms. The first-order valence-electron chi connectivity index (χ1n) is 10.6. The van der Waals surface area contributed by atoms with Gasteiger partial charge in [0.05, 0.1) is 17.4 Å². The van der Waals surface area contributed by atoms with E-state index in [9.17, 15) is 31.1 Å². The Morgan fingerprint density at radius 2 is 1.50 bits per heavy atom. The summed E-state index contributed by atoms with van der Waals surface area (Å²) in [6, 6.07) is 14.9. The van der Waals surface area contributed by atoms with Crippen molar-refractivity contribution in [1.29, 1.82) is 0 Å². The van der Waals surface area contributed by atoms with Crippen molar-refractivity contribution in [2.75, 3.05) is 0 Å². The Kier molecular flexibility index (Phi) is 6.87. The standard InChI is InChI=1S/C26H18F6N2O2/c27-25(28,29)20-11-17(12-21(13-20)26(30,31)32)15-34(24(35)23-7-4-10-36-23)16-19-14-33-9-8-22(19)18-5-2-1-3-6-18/h1-14H,15-16H2. The average Bonchev–Trinajstić information content (AvgIpc) is 3.38. The van der Waals surface area contributed by atoms with Gasteiger partial charge < -0.3 is 9.32 Å². The lowest BCUT2D eigenvalue weighted by Crippen LogP contribution is -2.30.